The molecule has 11 heteroatoms. The van der Waals surface area contributed by atoms with Gasteiger partial charge >= 0.3 is 6.18 Å². The first-order chi connectivity index (χ1) is 18.1. The Kier molecular flexibility index (Phi) is 8.60. The van der Waals surface area contributed by atoms with Crippen molar-refractivity contribution in [2.24, 2.45) is 0 Å². The molecule has 3 aromatic rings. The Morgan fingerprint density at radius 1 is 1.18 bits per heavy atom. The molecule has 8 nitrogen and oxygen atoms in total. The van der Waals surface area contributed by atoms with E-state index in [1.54, 1.807) is 24.3 Å². The third kappa shape index (κ3) is 6.85. The summed E-state index contributed by atoms with van der Waals surface area (Å²) < 4.78 is 50.3. The summed E-state index contributed by atoms with van der Waals surface area (Å²) in [5, 5.41) is 21.5. The second-order valence-electron chi connectivity index (χ2n) is 9.10. The summed E-state index contributed by atoms with van der Waals surface area (Å²) in [7, 11) is 0. The lowest BCUT2D eigenvalue weighted by molar-refractivity contribution is -0.137. The van der Waals surface area contributed by atoms with Crippen LogP contribution in [0.1, 0.15) is 45.9 Å². The van der Waals surface area contributed by atoms with E-state index in [0.717, 1.165) is 47.5 Å². The predicted octanol–water partition coefficient (Wildman–Crippen LogP) is 4.35. The number of anilines is 1. The smallest absolute Gasteiger partial charge is 0.417 e. The Labute approximate surface area is 217 Å². The van der Waals surface area contributed by atoms with Crippen LogP contribution in [0.3, 0.4) is 0 Å². The minimum Gasteiger partial charge on any atom is -0.475 e. The fraction of sp³-hybridized carbons (Fsp3) is 0.370. The van der Waals surface area contributed by atoms with Crippen molar-refractivity contribution in [1.29, 1.82) is 0 Å². The van der Waals surface area contributed by atoms with Crippen molar-refractivity contribution in [1.82, 2.24) is 9.97 Å². The molecule has 0 spiro atoms. The van der Waals surface area contributed by atoms with Gasteiger partial charge in [0.25, 0.3) is 5.91 Å². The van der Waals surface area contributed by atoms with E-state index in [9.17, 15) is 23.1 Å². The van der Waals surface area contributed by atoms with Crippen LogP contribution in [0.15, 0.2) is 48.8 Å². The molecule has 0 aliphatic carbocycles. The average Bonchev–Trinajstić information content (AvgIpc) is 2.92. The molecule has 202 valence electrons. The van der Waals surface area contributed by atoms with E-state index in [1.165, 1.54) is 0 Å². The summed E-state index contributed by atoms with van der Waals surface area (Å²) in [5.74, 6) is -0.302. The van der Waals surface area contributed by atoms with Crippen molar-refractivity contribution >= 4 is 11.6 Å². The van der Waals surface area contributed by atoms with Gasteiger partial charge in [0.15, 0.2) is 0 Å². The van der Waals surface area contributed by atoms with Crippen LogP contribution < -0.4 is 10.1 Å². The van der Waals surface area contributed by atoms with Crippen LogP contribution in [0.5, 0.6) is 5.88 Å². The summed E-state index contributed by atoms with van der Waals surface area (Å²) in [5.41, 5.74) is 2.35. The lowest BCUT2D eigenvalue weighted by Crippen LogP contribution is -2.22. The number of carbonyl (C=O) groups is 1. The quantitative estimate of drug-likeness (QED) is 0.396. The number of aryl methyl sites for hydroxylation is 1. The van der Waals surface area contributed by atoms with Crippen molar-refractivity contribution < 1.29 is 37.7 Å². The highest BCUT2D eigenvalue weighted by Crippen LogP contribution is 2.34. The van der Waals surface area contributed by atoms with Gasteiger partial charge in [-0.1, -0.05) is 6.07 Å². The number of hydrogen-bond acceptors (Lipinski definition) is 7. The fourth-order valence-corrected chi connectivity index (χ4v) is 4.13. The molecule has 1 fully saturated rings. The molecule has 1 aliphatic rings. The number of aliphatic hydroxyl groups excluding tert-OH is 2. The topological polar surface area (TPSA) is 114 Å². The Hall–Kier alpha value is -3.54. The van der Waals surface area contributed by atoms with Crippen molar-refractivity contribution in [3.63, 3.8) is 0 Å². The van der Waals surface area contributed by atoms with E-state index < -0.39 is 30.4 Å². The molecule has 2 aromatic heterocycles. The van der Waals surface area contributed by atoms with Crippen molar-refractivity contribution in [2.75, 3.05) is 31.7 Å². The van der Waals surface area contributed by atoms with Gasteiger partial charge in [-0.3, -0.25) is 9.78 Å². The molecule has 0 radical (unpaired) electrons. The number of hydrogen-bond donors (Lipinski definition) is 3. The van der Waals surface area contributed by atoms with Gasteiger partial charge in [0.05, 0.1) is 17.7 Å². The Bertz CT molecular complexity index is 1280. The minimum atomic E-state index is -4.61. The number of carbonyl (C=O) groups excluding carboxylic acids is 1. The largest absolute Gasteiger partial charge is 0.475 e. The van der Waals surface area contributed by atoms with E-state index in [0.29, 0.717) is 25.1 Å². The van der Waals surface area contributed by atoms with Crippen LogP contribution >= 0.6 is 0 Å². The summed E-state index contributed by atoms with van der Waals surface area (Å²) in [6.45, 7) is 2.53. The van der Waals surface area contributed by atoms with Gasteiger partial charge in [-0.2, -0.15) is 13.2 Å². The monoisotopic (exact) mass is 531 g/mol. The number of nitrogens with zero attached hydrogens (tertiary/aromatic N) is 2. The molecule has 1 aliphatic heterocycles. The normalized spacial score (nSPS) is 15.2. The second-order valence-corrected chi connectivity index (χ2v) is 9.10. The molecule has 1 aromatic carbocycles. The van der Waals surface area contributed by atoms with E-state index in [-0.39, 0.29) is 24.0 Å². The van der Waals surface area contributed by atoms with E-state index in [4.69, 9.17) is 14.6 Å². The minimum absolute atomic E-state index is 0.139. The van der Waals surface area contributed by atoms with Crippen molar-refractivity contribution in [3.05, 3.63) is 71.2 Å². The van der Waals surface area contributed by atoms with Crippen LogP contribution in [-0.2, 0) is 10.9 Å². The highest BCUT2D eigenvalue weighted by atomic mass is 19.4. The zero-order chi connectivity index (χ0) is 27.3. The van der Waals surface area contributed by atoms with Gasteiger partial charge in [0.2, 0.25) is 5.88 Å². The molecule has 3 N–H and O–H groups in total. The molecule has 1 atom stereocenters. The zero-order valence-corrected chi connectivity index (χ0v) is 20.7. The maximum absolute atomic E-state index is 13.0. The number of amides is 1. The molecule has 0 saturated carbocycles. The number of ether oxygens (including phenoxy) is 2. The van der Waals surface area contributed by atoms with Gasteiger partial charge in [-0.25, -0.2) is 4.98 Å². The molecule has 1 unspecified atom stereocenters. The van der Waals surface area contributed by atoms with Crippen LogP contribution in [0.4, 0.5) is 18.9 Å². The zero-order valence-electron chi connectivity index (χ0n) is 20.7. The Balaban J connectivity index is 1.64. The van der Waals surface area contributed by atoms with E-state index >= 15 is 0 Å². The number of nitrogens with one attached hydrogen (secondary N) is 1. The highest BCUT2D eigenvalue weighted by Gasteiger charge is 2.31. The first-order valence-electron chi connectivity index (χ1n) is 12.1. The number of rotatable bonds is 8. The van der Waals surface area contributed by atoms with Gasteiger partial charge < -0.3 is 25.0 Å². The third-order valence-corrected chi connectivity index (χ3v) is 6.23. The number of alkyl halides is 3. The molecule has 1 saturated heterocycles. The van der Waals surface area contributed by atoms with Gasteiger partial charge in [0.1, 0.15) is 12.7 Å². The number of pyridine rings is 2. The van der Waals surface area contributed by atoms with E-state index in [2.05, 4.69) is 15.3 Å². The van der Waals surface area contributed by atoms with Crippen molar-refractivity contribution in [3.8, 4) is 17.0 Å². The van der Waals surface area contributed by atoms with E-state index in [1.807, 2.05) is 13.0 Å². The lowest BCUT2D eigenvalue weighted by Gasteiger charge is -2.23. The average molecular weight is 532 g/mol. The summed E-state index contributed by atoms with van der Waals surface area (Å²) in [6.07, 6.45) is -2.36. The number of aromatic nitrogens is 2. The number of halogens is 3. The molecular weight excluding hydrogens is 503 g/mol. The first-order valence-corrected chi connectivity index (χ1v) is 12.1. The first kappa shape index (κ1) is 27.5. The van der Waals surface area contributed by atoms with Gasteiger partial charge in [0, 0.05) is 49.0 Å². The molecule has 4 rings (SSSR count). The predicted molar refractivity (Wildman–Crippen MR) is 133 cm³/mol. The Morgan fingerprint density at radius 2 is 1.95 bits per heavy atom. The van der Waals surface area contributed by atoms with Crippen LogP contribution in [-0.4, -0.2) is 58.6 Å². The van der Waals surface area contributed by atoms with Crippen molar-refractivity contribution in [2.45, 2.75) is 38.0 Å². The molecular formula is C27H28F3N3O5. The molecule has 0 bridgehead atoms. The summed E-state index contributed by atoms with van der Waals surface area (Å²) >= 11 is 0. The summed E-state index contributed by atoms with van der Waals surface area (Å²) in [4.78, 5) is 20.9. The van der Waals surface area contributed by atoms with Crippen LogP contribution in [0.2, 0.25) is 0 Å². The van der Waals surface area contributed by atoms with Gasteiger partial charge in [-0.05, 0) is 60.7 Å². The molecule has 38 heavy (non-hydrogen) atoms. The summed E-state index contributed by atoms with van der Waals surface area (Å²) in [6, 6.07) is 9.58. The number of benzene rings is 1. The lowest BCUT2D eigenvalue weighted by atomic mass is 9.92. The maximum atomic E-state index is 13.0. The standard InChI is InChI=1S/C27H28F3N3O5/c1-16-2-3-21(32-26(36)19-8-20(13-31-12-19)27(28,29)30)11-23(16)18-9-24(17-4-6-37-7-5-17)33-25(10-18)38-15-22(35)14-34/h2-3,8-13,17,22,34-35H,4-7,14-15H2,1H3,(H,32,36). The Morgan fingerprint density at radius 3 is 2.66 bits per heavy atom. The fourth-order valence-electron chi connectivity index (χ4n) is 4.13. The number of aliphatic hydroxyl groups is 2. The SMILES string of the molecule is Cc1ccc(NC(=O)c2cncc(C(F)(F)F)c2)cc1-c1cc(OCC(O)CO)nc(C2CCOCC2)c1. The highest BCUT2D eigenvalue weighted by molar-refractivity contribution is 6.04. The molecule has 1 amide bonds. The van der Waals surface area contributed by atoms with Crippen LogP contribution in [0.25, 0.3) is 11.1 Å². The van der Waals surface area contributed by atoms with Gasteiger partial charge in [-0.15, -0.1) is 0 Å². The maximum Gasteiger partial charge on any atom is 0.417 e. The van der Waals surface area contributed by atoms with Crippen LogP contribution in [0, 0.1) is 6.92 Å². The second kappa shape index (κ2) is 11.9. The third-order valence-electron chi connectivity index (χ3n) is 6.23. The molecule has 3 heterocycles.